The third kappa shape index (κ3) is 2.02. The Balaban J connectivity index is 3.26. The third-order valence-electron chi connectivity index (χ3n) is 0.305. The molecule has 0 rings (SSSR count). The first-order valence-corrected chi connectivity index (χ1v) is 1.98. The van der Waals surface area contributed by atoms with Crippen molar-refractivity contribution in [1.82, 2.24) is 0 Å². The summed E-state index contributed by atoms with van der Waals surface area (Å²) >= 11 is 3.49. The Morgan fingerprint density at radius 3 is 2.17 bits per heavy atom. The number of hydrogen-bond acceptors (Lipinski definition) is 3. The van der Waals surface area contributed by atoms with E-state index in [-0.39, 0.29) is 0 Å². The van der Waals surface area contributed by atoms with Gasteiger partial charge in [0, 0.05) is 11.8 Å². The van der Waals surface area contributed by atoms with Crippen LogP contribution in [0.3, 0.4) is 0 Å². The minimum absolute atomic E-state index is 0.469. The lowest BCUT2D eigenvalue weighted by molar-refractivity contribution is -0.490. The Bertz CT molecular complexity index is 62.6. The molecule has 0 aromatic heterocycles. The molecule has 0 aliphatic carbocycles. The molecule has 0 fully saturated rings. The van der Waals surface area contributed by atoms with Crippen molar-refractivity contribution in [3.63, 3.8) is 0 Å². The van der Waals surface area contributed by atoms with Crippen LogP contribution in [0.1, 0.15) is 6.92 Å². The molecular weight excluding hydrogens is 102 g/mol. The largest absolute Gasteiger partial charge is 0.263 e. The molecular formula is C2H5NO2S. The number of hydrogen-bond donors (Lipinski definition) is 1. The highest BCUT2D eigenvalue weighted by molar-refractivity contribution is 7.80. The summed E-state index contributed by atoms with van der Waals surface area (Å²) in [7, 11) is 0. The third-order valence-corrected chi connectivity index (χ3v) is 0.494. The molecule has 1 atom stereocenters. The van der Waals surface area contributed by atoms with Crippen molar-refractivity contribution >= 4 is 12.6 Å². The van der Waals surface area contributed by atoms with Gasteiger partial charge in [-0.25, -0.2) is 0 Å². The van der Waals surface area contributed by atoms with E-state index in [0.717, 1.165) is 0 Å². The SMILES string of the molecule is CC(S)[N+](=O)[O-]. The Hall–Kier alpha value is -0.250. The Morgan fingerprint density at radius 2 is 2.17 bits per heavy atom. The lowest BCUT2D eigenvalue weighted by atomic mass is 10.8. The zero-order chi connectivity index (χ0) is 5.15. The quantitative estimate of drug-likeness (QED) is 0.230. The molecule has 36 valence electrons. The molecule has 0 saturated carbocycles. The van der Waals surface area contributed by atoms with Gasteiger partial charge in [-0.05, 0) is 0 Å². The molecule has 0 amide bonds. The highest BCUT2D eigenvalue weighted by Gasteiger charge is 2.00. The molecule has 0 aliphatic heterocycles. The molecule has 0 N–H and O–H groups in total. The topological polar surface area (TPSA) is 43.1 Å². The van der Waals surface area contributed by atoms with Gasteiger partial charge in [0.2, 0.25) is 0 Å². The summed E-state index contributed by atoms with van der Waals surface area (Å²) in [5, 5.41) is 8.70. The fourth-order valence-electron chi connectivity index (χ4n) is 0. The first-order valence-electron chi connectivity index (χ1n) is 1.46. The summed E-state index contributed by atoms with van der Waals surface area (Å²) in [5.74, 6) is 0. The van der Waals surface area contributed by atoms with Gasteiger partial charge in [-0.15, -0.1) is 12.6 Å². The van der Waals surface area contributed by atoms with Crippen molar-refractivity contribution in [3.8, 4) is 0 Å². The smallest absolute Gasteiger partial charge is 0.252 e. The Kier molecular flexibility index (Phi) is 1.94. The van der Waals surface area contributed by atoms with Crippen molar-refractivity contribution in [2.24, 2.45) is 0 Å². The van der Waals surface area contributed by atoms with Crippen LogP contribution >= 0.6 is 12.6 Å². The van der Waals surface area contributed by atoms with Gasteiger partial charge in [0.1, 0.15) is 0 Å². The van der Waals surface area contributed by atoms with E-state index in [4.69, 9.17) is 0 Å². The van der Waals surface area contributed by atoms with E-state index < -0.39 is 10.3 Å². The maximum Gasteiger partial charge on any atom is 0.252 e. The molecule has 0 heterocycles. The van der Waals surface area contributed by atoms with Gasteiger partial charge in [-0.1, -0.05) is 0 Å². The second-order valence-corrected chi connectivity index (χ2v) is 1.66. The minimum atomic E-state index is -0.731. The number of nitro groups is 1. The average Bonchev–Trinajstić information content (AvgIpc) is 1.36. The van der Waals surface area contributed by atoms with Gasteiger partial charge in [0.25, 0.3) is 5.37 Å². The van der Waals surface area contributed by atoms with Crippen LogP contribution in [0.25, 0.3) is 0 Å². The van der Waals surface area contributed by atoms with E-state index in [9.17, 15) is 10.1 Å². The maximum atomic E-state index is 9.43. The predicted molar refractivity (Wildman–Crippen MR) is 25.4 cm³/mol. The van der Waals surface area contributed by atoms with Crippen molar-refractivity contribution in [3.05, 3.63) is 10.1 Å². The molecule has 0 saturated heterocycles. The zero-order valence-corrected chi connectivity index (χ0v) is 4.18. The van der Waals surface area contributed by atoms with Crippen LogP contribution in [0.15, 0.2) is 0 Å². The van der Waals surface area contributed by atoms with Crippen molar-refractivity contribution < 1.29 is 4.92 Å². The fourth-order valence-corrected chi connectivity index (χ4v) is 0. The van der Waals surface area contributed by atoms with Crippen molar-refractivity contribution in [2.75, 3.05) is 0 Å². The molecule has 0 aliphatic rings. The van der Waals surface area contributed by atoms with Crippen LogP contribution in [-0.4, -0.2) is 10.3 Å². The molecule has 0 spiro atoms. The van der Waals surface area contributed by atoms with Crippen LogP contribution in [0.5, 0.6) is 0 Å². The Labute approximate surface area is 40.9 Å². The summed E-state index contributed by atoms with van der Waals surface area (Å²) in [5.41, 5.74) is 0. The predicted octanol–water partition coefficient (Wildman–Crippen LogP) is 0.539. The van der Waals surface area contributed by atoms with E-state index in [2.05, 4.69) is 12.6 Å². The van der Waals surface area contributed by atoms with Crippen LogP contribution in [0.4, 0.5) is 0 Å². The molecule has 0 aromatic carbocycles. The number of nitrogens with zero attached hydrogens (tertiary/aromatic N) is 1. The van der Waals surface area contributed by atoms with Crippen molar-refractivity contribution in [1.29, 1.82) is 0 Å². The minimum Gasteiger partial charge on any atom is -0.263 e. The van der Waals surface area contributed by atoms with Gasteiger partial charge >= 0.3 is 0 Å². The maximum absolute atomic E-state index is 9.43. The van der Waals surface area contributed by atoms with Crippen LogP contribution < -0.4 is 0 Å². The molecule has 1 unspecified atom stereocenters. The molecule has 0 bridgehead atoms. The Morgan fingerprint density at radius 1 is 2.00 bits per heavy atom. The highest BCUT2D eigenvalue weighted by atomic mass is 32.1. The molecule has 0 aromatic rings. The molecule has 0 radical (unpaired) electrons. The standard InChI is InChI=1S/C2H5NO2S/c1-2(6)3(4)5/h2,6H,1H3. The monoisotopic (exact) mass is 107 g/mol. The average molecular weight is 107 g/mol. The second kappa shape index (κ2) is 2.02. The normalized spacial score (nSPS) is 13.7. The van der Waals surface area contributed by atoms with Crippen LogP contribution in [-0.2, 0) is 0 Å². The van der Waals surface area contributed by atoms with E-state index in [1.807, 2.05) is 0 Å². The summed E-state index contributed by atoms with van der Waals surface area (Å²) in [6.45, 7) is 1.41. The molecule has 6 heavy (non-hydrogen) atoms. The zero-order valence-electron chi connectivity index (χ0n) is 3.29. The lowest BCUT2D eigenvalue weighted by Crippen LogP contribution is -2.05. The second-order valence-electron chi connectivity index (χ2n) is 0.917. The first kappa shape index (κ1) is 5.75. The van der Waals surface area contributed by atoms with E-state index in [1.54, 1.807) is 0 Å². The molecule has 4 heteroatoms. The molecule has 3 nitrogen and oxygen atoms in total. The van der Waals surface area contributed by atoms with Crippen molar-refractivity contribution in [2.45, 2.75) is 12.3 Å². The van der Waals surface area contributed by atoms with Crippen LogP contribution in [0, 0.1) is 10.1 Å². The van der Waals surface area contributed by atoms with E-state index in [0.29, 0.717) is 0 Å². The lowest BCUT2D eigenvalue weighted by Gasteiger charge is -1.87. The highest BCUT2D eigenvalue weighted by Crippen LogP contribution is 1.89. The number of rotatable bonds is 1. The van der Waals surface area contributed by atoms with Gasteiger partial charge < -0.3 is 0 Å². The summed E-state index contributed by atoms with van der Waals surface area (Å²) in [6, 6.07) is 0. The fraction of sp³-hybridized carbons (Fsp3) is 1.00. The van der Waals surface area contributed by atoms with Crippen LogP contribution in [0.2, 0.25) is 0 Å². The first-order chi connectivity index (χ1) is 2.64. The van der Waals surface area contributed by atoms with Gasteiger partial charge in [0.15, 0.2) is 0 Å². The summed E-state index contributed by atoms with van der Waals surface area (Å²) in [4.78, 5) is 8.96. The van der Waals surface area contributed by atoms with Gasteiger partial charge in [-0.2, -0.15) is 0 Å². The van der Waals surface area contributed by atoms with E-state index >= 15 is 0 Å². The van der Waals surface area contributed by atoms with E-state index in [1.165, 1.54) is 6.92 Å². The van der Waals surface area contributed by atoms with Gasteiger partial charge in [0.05, 0.1) is 0 Å². The summed E-state index contributed by atoms with van der Waals surface area (Å²) in [6.07, 6.45) is 0. The summed E-state index contributed by atoms with van der Waals surface area (Å²) < 4.78 is 0. The van der Waals surface area contributed by atoms with Gasteiger partial charge in [-0.3, -0.25) is 10.1 Å². The number of thiol groups is 1.